The van der Waals surface area contributed by atoms with Gasteiger partial charge in [-0.2, -0.15) is 0 Å². The summed E-state index contributed by atoms with van der Waals surface area (Å²) in [6.07, 6.45) is 4.13. The van der Waals surface area contributed by atoms with E-state index in [2.05, 4.69) is 37.4 Å². The van der Waals surface area contributed by atoms with Crippen LogP contribution in [-0.4, -0.2) is 12.6 Å². The van der Waals surface area contributed by atoms with Crippen molar-refractivity contribution >= 4 is 17.0 Å². The van der Waals surface area contributed by atoms with Gasteiger partial charge in [0.15, 0.2) is 0 Å². The number of para-hydroxylation sites is 1. The molecule has 0 fully saturated rings. The number of benzene rings is 1. The molecule has 1 unspecified atom stereocenters. The Balaban J connectivity index is 2.15. The minimum atomic E-state index is 0.373. The van der Waals surface area contributed by atoms with Gasteiger partial charge in [-0.3, -0.25) is 0 Å². The smallest absolute Gasteiger partial charge is 0.134 e. The van der Waals surface area contributed by atoms with Crippen molar-refractivity contribution in [3.63, 3.8) is 0 Å². The standard InChI is InChI=1S/C14H17NO/c1-3-15-11(2)8-9-13-10-12-6-4-5-7-14(12)16-13/h4-11,15H,3H2,1-2H3/b9-8+. The molecule has 0 aliphatic rings. The molecule has 2 heteroatoms. The second-order valence-corrected chi connectivity index (χ2v) is 3.89. The molecule has 0 spiro atoms. The number of likely N-dealkylation sites (N-methyl/N-ethyl adjacent to an activating group) is 1. The molecule has 0 amide bonds. The van der Waals surface area contributed by atoms with Crippen molar-refractivity contribution in [2.24, 2.45) is 0 Å². The lowest BCUT2D eigenvalue weighted by molar-refractivity contribution is 0.602. The van der Waals surface area contributed by atoms with Gasteiger partial charge in [0.2, 0.25) is 0 Å². The normalized spacial score (nSPS) is 13.6. The van der Waals surface area contributed by atoms with Crippen LogP contribution in [0.4, 0.5) is 0 Å². The molecule has 1 heterocycles. The van der Waals surface area contributed by atoms with Gasteiger partial charge in [-0.05, 0) is 31.7 Å². The highest BCUT2D eigenvalue weighted by Crippen LogP contribution is 2.19. The summed E-state index contributed by atoms with van der Waals surface area (Å²) in [6.45, 7) is 5.21. The maximum atomic E-state index is 5.68. The Morgan fingerprint density at radius 1 is 1.38 bits per heavy atom. The summed E-state index contributed by atoms with van der Waals surface area (Å²) in [5.41, 5.74) is 0.943. The van der Waals surface area contributed by atoms with Crippen LogP contribution in [0, 0.1) is 0 Å². The van der Waals surface area contributed by atoms with Crippen molar-refractivity contribution in [1.82, 2.24) is 5.32 Å². The van der Waals surface area contributed by atoms with E-state index in [9.17, 15) is 0 Å². The molecule has 1 aromatic heterocycles. The highest BCUT2D eigenvalue weighted by atomic mass is 16.3. The number of rotatable bonds is 4. The molecule has 1 atom stereocenters. The summed E-state index contributed by atoms with van der Waals surface area (Å²) < 4.78 is 5.68. The predicted molar refractivity (Wildman–Crippen MR) is 68.4 cm³/mol. The molecule has 2 aromatic rings. The van der Waals surface area contributed by atoms with Crippen molar-refractivity contribution in [2.75, 3.05) is 6.54 Å². The van der Waals surface area contributed by atoms with Gasteiger partial charge in [0, 0.05) is 11.4 Å². The number of furan rings is 1. The first-order valence-electron chi connectivity index (χ1n) is 5.69. The molecule has 2 rings (SSSR count). The minimum Gasteiger partial charge on any atom is -0.457 e. The lowest BCUT2D eigenvalue weighted by Crippen LogP contribution is -2.22. The van der Waals surface area contributed by atoms with E-state index in [4.69, 9.17) is 4.42 Å². The SMILES string of the molecule is CCNC(C)/C=C/c1cc2ccccc2o1. The number of hydrogen-bond acceptors (Lipinski definition) is 2. The van der Waals surface area contributed by atoms with Crippen LogP contribution in [0.1, 0.15) is 19.6 Å². The van der Waals surface area contributed by atoms with Crippen molar-refractivity contribution in [2.45, 2.75) is 19.9 Å². The van der Waals surface area contributed by atoms with Crippen LogP contribution in [0.3, 0.4) is 0 Å². The topological polar surface area (TPSA) is 25.2 Å². The van der Waals surface area contributed by atoms with E-state index in [1.54, 1.807) is 0 Å². The van der Waals surface area contributed by atoms with Crippen molar-refractivity contribution in [3.8, 4) is 0 Å². The molecule has 1 N–H and O–H groups in total. The summed E-state index contributed by atoms with van der Waals surface area (Å²) in [5, 5.41) is 4.47. The molecule has 1 aromatic carbocycles. The second kappa shape index (κ2) is 4.99. The Morgan fingerprint density at radius 2 is 2.19 bits per heavy atom. The average molecular weight is 215 g/mol. The third-order valence-electron chi connectivity index (χ3n) is 2.52. The number of nitrogens with one attached hydrogen (secondary N) is 1. The zero-order valence-corrected chi connectivity index (χ0v) is 9.73. The first-order chi connectivity index (χ1) is 7.79. The lowest BCUT2D eigenvalue weighted by atomic mass is 10.2. The molecule has 0 radical (unpaired) electrons. The molecule has 84 valence electrons. The number of hydrogen-bond donors (Lipinski definition) is 1. The van der Waals surface area contributed by atoms with E-state index >= 15 is 0 Å². The highest BCUT2D eigenvalue weighted by Gasteiger charge is 1.99. The van der Waals surface area contributed by atoms with Crippen LogP contribution >= 0.6 is 0 Å². The zero-order chi connectivity index (χ0) is 11.4. The van der Waals surface area contributed by atoms with E-state index in [0.29, 0.717) is 6.04 Å². The van der Waals surface area contributed by atoms with Gasteiger partial charge < -0.3 is 9.73 Å². The monoisotopic (exact) mass is 215 g/mol. The molecule has 0 saturated carbocycles. The lowest BCUT2D eigenvalue weighted by Gasteiger charge is -2.04. The van der Waals surface area contributed by atoms with Gasteiger partial charge in [0.1, 0.15) is 11.3 Å². The van der Waals surface area contributed by atoms with Gasteiger partial charge in [-0.25, -0.2) is 0 Å². The van der Waals surface area contributed by atoms with E-state index in [0.717, 1.165) is 23.3 Å². The predicted octanol–water partition coefficient (Wildman–Crippen LogP) is 3.44. The summed E-state index contributed by atoms with van der Waals surface area (Å²) in [7, 11) is 0. The molecule has 0 saturated heterocycles. The molecule has 0 aliphatic heterocycles. The van der Waals surface area contributed by atoms with Crippen LogP contribution < -0.4 is 5.32 Å². The second-order valence-electron chi connectivity index (χ2n) is 3.89. The minimum absolute atomic E-state index is 0.373. The van der Waals surface area contributed by atoms with Crippen molar-refractivity contribution < 1.29 is 4.42 Å². The maximum Gasteiger partial charge on any atom is 0.134 e. The van der Waals surface area contributed by atoms with Crippen LogP contribution in [0.25, 0.3) is 17.0 Å². The van der Waals surface area contributed by atoms with Gasteiger partial charge in [0.25, 0.3) is 0 Å². The summed E-state index contributed by atoms with van der Waals surface area (Å²) in [6, 6.07) is 10.5. The summed E-state index contributed by atoms with van der Waals surface area (Å²) in [4.78, 5) is 0. The van der Waals surface area contributed by atoms with Gasteiger partial charge in [-0.1, -0.05) is 31.2 Å². The van der Waals surface area contributed by atoms with Crippen LogP contribution in [0.2, 0.25) is 0 Å². The Hall–Kier alpha value is -1.54. The Labute approximate surface area is 96.0 Å². The maximum absolute atomic E-state index is 5.68. The summed E-state index contributed by atoms with van der Waals surface area (Å²) in [5.74, 6) is 0.908. The van der Waals surface area contributed by atoms with Crippen LogP contribution in [-0.2, 0) is 0 Å². The fourth-order valence-electron chi connectivity index (χ4n) is 1.71. The molecular formula is C14H17NO. The Bertz CT molecular complexity index is 451. The molecule has 0 bridgehead atoms. The van der Waals surface area contributed by atoms with Gasteiger partial charge >= 0.3 is 0 Å². The van der Waals surface area contributed by atoms with Crippen LogP contribution in [0.15, 0.2) is 40.8 Å². The average Bonchev–Trinajstić information content (AvgIpc) is 2.69. The molecule has 2 nitrogen and oxygen atoms in total. The Morgan fingerprint density at radius 3 is 2.94 bits per heavy atom. The van der Waals surface area contributed by atoms with E-state index < -0.39 is 0 Å². The van der Waals surface area contributed by atoms with E-state index in [-0.39, 0.29) is 0 Å². The van der Waals surface area contributed by atoms with E-state index in [1.165, 1.54) is 0 Å². The highest BCUT2D eigenvalue weighted by molar-refractivity contribution is 5.79. The van der Waals surface area contributed by atoms with E-state index in [1.807, 2.05) is 24.3 Å². The fraction of sp³-hybridized carbons (Fsp3) is 0.286. The van der Waals surface area contributed by atoms with Gasteiger partial charge in [0.05, 0.1) is 0 Å². The fourth-order valence-corrected chi connectivity index (χ4v) is 1.71. The zero-order valence-electron chi connectivity index (χ0n) is 9.73. The third-order valence-corrected chi connectivity index (χ3v) is 2.52. The Kier molecular flexibility index (Phi) is 3.42. The van der Waals surface area contributed by atoms with Crippen molar-refractivity contribution in [1.29, 1.82) is 0 Å². The molecular weight excluding hydrogens is 198 g/mol. The summed E-state index contributed by atoms with van der Waals surface area (Å²) >= 11 is 0. The first-order valence-corrected chi connectivity index (χ1v) is 5.69. The largest absolute Gasteiger partial charge is 0.457 e. The molecule has 0 aliphatic carbocycles. The number of fused-ring (bicyclic) bond motifs is 1. The third kappa shape index (κ3) is 2.52. The van der Waals surface area contributed by atoms with Gasteiger partial charge in [-0.15, -0.1) is 0 Å². The molecule has 16 heavy (non-hydrogen) atoms. The van der Waals surface area contributed by atoms with Crippen molar-refractivity contribution in [3.05, 3.63) is 42.2 Å². The first kappa shape index (κ1) is 11.0. The van der Waals surface area contributed by atoms with Crippen LogP contribution in [0.5, 0.6) is 0 Å². The quantitative estimate of drug-likeness (QED) is 0.845.